The van der Waals surface area contributed by atoms with Crippen molar-refractivity contribution in [1.29, 1.82) is 0 Å². The number of hydrogen-bond acceptors (Lipinski definition) is 3. The van der Waals surface area contributed by atoms with Crippen molar-refractivity contribution in [3.63, 3.8) is 0 Å². The van der Waals surface area contributed by atoms with Crippen LogP contribution in [0.3, 0.4) is 0 Å². The minimum atomic E-state index is -0.681. The maximum absolute atomic E-state index is 11.8. The summed E-state index contributed by atoms with van der Waals surface area (Å²) in [5.41, 5.74) is 5.15. The highest BCUT2D eigenvalue weighted by Crippen LogP contribution is 2.05. The third-order valence-electron chi connectivity index (χ3n) is 2.67. The lowest BCUT2D eigenvalue weighted by Crippen LogP contribution is -2.53. The van der Waals surface area contributed by atoms with Gasteiger partial charge >= 0.3 is 6.03 Å². The topological polar surface area (TPSA) is 84.7 Å². The number of morpholine rings is 1. The second-order valence-electron chi connectivity index (χ2n) is 4.62. The highest BCUT2D eigenvalue weighted by molar-refractivity contribution is 5.81. The van der Waals surface area contributed by atoms with Gasteiger partial charge in [0.05, 0.1) is 13.2 Å². The number of ether oxygens (including phenoxy) is 1. The molecule has 0 aromatic rings. The normalized spacial score (nSPS) is 20.4. The van der Waals surface area contributed by atoms with Crippen LogP contribution in [-0.4, -0.2) is 49.2 Å². The van der Waals surface area contributed by atoms with Gasteiger partial charge in [-0.05, 0) is 12.3 Å². The van der Waals surface area contributed by atoms with E-state index < -0.39 is 12.0 Å². The van der Waals surface area contributed by atoms with Crippen LogP contribution in [0, 0.1) is 5.92 Å². The van der Waals surface area contributed by atoms with E-state index >= 15 is 0 Å². The first kappa shape index (κ1) is 13.8. The Morgan fingerprint density at radius 1 is 1.53 bits per heavy atom. The average molecular weight is 243 g/mol. The van der Waals surface area contributed by atoms with E-state index in [1.165, 1.54) is 0 Å². The lowest BCUT2D eigenvalue weighted by atomic mass is 10.1. The molecular formula is C11H21N3O3. The van der Waals surface area contributed by atoms with Gasteiger partial charge in [-0.15, -0.1) is 0 Å². The van der Waals surface area contributed by atoms with Gasteiger partial charge in [-0.1, -0.05) is 13.8 Å². The molecule has 0 saturated carbocycles. The summed E-state index contributed by atoms with van der Waals surface area (Å²) in [7, 11) is 0. The SMILES string of the molecule is CC(C)CCNC(=O)N1CCOC(C(N)=O)C1. The average Bonchev–Trinajstić information content (AvgIpc) is 2.28. The van der Waals surface area contributed by atoms with E-state index in [1.54, 1.807) is 4.90 Å². The molecule has 0 aliphatic carbocycles. The molecule has 0 bridgehead atoms. The third kappa shape index (κ3) is 4.60. The molecule has 6 heteroatoms. The van der Waals surface area contributed by atoms with E-state index in [9.17, 15) is 9.59 Å². The van der Waals surface area contributed by atoms with Crippen LogP contribution in [0.1, 0.15) is 20.3 Å². The van der Waals surface area contributed by atoms with Crippen molar-refractivity contribution in [3.8, 4) is 0 Å². The predicted molar refractivity (Wildman–Crippen MR) is 63.4 cm³/mol. The summed E-state index contributed by atoms with van der Waals surface area (Å²) >= 11 is 0. The zero-order valence-corrected chi connectivity index (χ0v) is 10.4. The molecule has 3 amide bonds. The fourth-order valence-electron chi connectivity index (χ4n) is 1.59. The molecule has 1 rings (SSSR count). The summed E-state index contributed by atoms with van der Waals surface area (Å²) in [6.07, 6.45) is 0.259. The van der Waals surface area contributed by atoms with Crippen LogP contribution in [0.25, 0.3) is 0 Å². The molecule has 1 saturated heterocycles. The standard InChI is InChI=1S/C11H21N3O3/c1-8(2)3-4-13-11(16)14-5-6-17-9(7-14)10(12)15/h8-9H,3-7H2,1-2H3,(H2,12,15)(H,13,16). The molecule has 0 spiro atoms. The largest absolute Gasteiger partial charge is 0.367 e. The number of urea groups is 1. The summed E-state index contributed by atoms with van der Waals surface area (Å²) in [5, 5.41) is 2.82. The Hall–Kier alpha value is -1.30. The van der Waals surface area contributed by atoms with E-state index in [0.29, 0.717) is 25.6 Å². The molecule has 1 aliphatic rings. The number of hydrogen-bond donors (Lipinski definition) is 2. The second-order valence-corrected chi connectivity index (χ2v) is 4.62. The molecule has 1 unspecified atom stereocenters. The number of nitrogens with two attached hydrogens (primary N) is 1. The fourth-order valence-corrected chi connectivity index (χ4v) is 1.59. The molecule has 1 aliphatic heterocycles. The fraction of sp³-hybridized carbons (Fsp3) is 0.818. The Kier molecular flexibility index (Phi) is 5.21. The molecular weight excluding hydrogens is 222 g/mol. The lowest BCUT2D eigenvalue weighted by Gasteiger charge is -2.31. The lowest BCUT2D eigenvalue weighted by molar-refractivity contribution is -0.133. The van der Waals surface area contributed by atoms with Gasteiger partial charge in [0.2, 0.25) is 5.91 Å². The maximum Gasteiger partial charge on any atom is 0.317 e. The molecule has 98 valence electrons. The predicted octanol–water partition coefficient (Wildman–Crippen LogP) is -0.0718. The third-order valence-corrected chi connectivity index (χ3v) is 2.67. The minimum absolute atomic E-state index is 0.153. The molecule has 1 heterocycles. The van der Waals surface area contributed by atoms with Crippen LogP contribution in [0.4, 0.5) is 4.79 Å². The second kappa shape index (κ2) is 6.44. The van der Waals surface area contributed by atoms with Crippen molar-refractivity contribution in [1.82, 2.24) is 10.2 Å². The van der Waals surface area contributed by atoms with Crippen molar-refractivity contribution in [2.45, 2.75) is 26.4 Å². The van der Waals surface area contributed by atoms with Crippen molar-refractivity contribution in [3.05, 3.63) is 0 Å². The maximum atomic E-state index is 11.8. The summed E-state index contributed by atoms with van der Waals surface area (Å²) in [5.74, 6) is 0.0306. The zero-order valence-electron chi connectivity index (χ0n) is 10.4. The summed E-state index contributed by atoms with van der Waals surface area (Å²) < 4.78 is 5.17. The Morgan fingerprint density at radius 2 is 2.24 bits per heavy atom. The molecule has 0 aromatic carbocycles. The Labute approximate surface area is 101 Å². The van der Waals surface area contributed by atoms with Gasteiger partial charge in [0.1, 0.15) is 0 Å². The van der Waals surface area contributed by atoms with Gasteiger partial charge in [0.15, 0.2) is 6.10 Å². The molecule has 1 fully saturated rings. The van der Waals surface area contributed by atoms with E-state index in [2.05, 4.69) is 19.2 Å². The van der Waals surface area contributed by atoms with Crippen LogP contribution in [0.5, 0.6) is 0 Å². The molecule has 0 radical (unpaired) electrons. The van der Waals surface area contributed by atoms with Gasteiger partial charge in [0, 0.05) is 13.1 Å². The van der Waals surface area contributed by atoms with Gasteiger partial charge in [0.25, 0.3) is 0 Å². The first-order chi connectivity index (χ1) is 8.00. The number of amides is 3. The zero-order chi connectivity index (χ0) is 12.8. The smallest absolute Gasteiger partial charge is 0.317 e. The van der Waals surface area contributed by atoms with Crippen LogP contribution >= 0.6 is 0 Å². The minimum Gasteiger partial charge on any atom is -0.367 e. The van der Waals surface area contributed by atoms with Gasteiger partial charge in [-0.3, -0.25) is 4.79 Å². The Morgan fingerprint density at radius 3 is 2.82 bits per heavy atom. The molecule has 1 atom stereocenters. The summed E-state index contributed by atoms with van der Waals surface area (Å²) in [6, 6.07) is -0.153. The molecule has 6 nitrogen and oxygen atoms in total. The van der Waals surface area contributed by atoms with Crippen molar-refractivity contribution in [2.75, 3.05) is 26.2 Å². The Balaban J connectivity index is 2.33. The van der Waals surface area contributed by atoms with Gasteiger partial charge in [-0.25, -0.2) is 4.79 Å². The number of primary amides is 1. The first-order valence-corrected chi connectivity index (χ1v) is 5.94. The monoisotopic (exact) mass is 243 g/mol. The number of carbonyl (C=O) groups is 2. The number of carbonyl (C=O) groups excluding carboxylic acids is 2. The van der Waals surface area contributed by atoms with Gasteiger partial charge < -0.3 is 20.7 Å². The van der Waals surface area contributed by atoms with Crippen LogP contribution in [0.2, 0.25) is 0 Å². The summed E-state index contributed by atoms with van der Waals surface area (Å²) in [4.78, 5) is 24.3. The number of rotatable bonds is 4. The van der Waals surface area contributed by atoms with Crippen LogP contribution in [0.15, 0.2) is 0 Å². The highest BCUT2D eigenvalue weighted by atomic mass is 16.5. The number of nitrogens with one attached hydrogen (secondary N) is 1. The molecule has 0 aromatic heterocycles. The van der Waals surface area contributed by atoms with Crippen molar-refractivity contribution >= 4 is 11.9 Å². The number of nitrogens with zero attached hydrogens (tertiary/aromatic N) is 1. The highest BCUT2D eigenvalue weighted by Gasteiger charge is 2.27. The quantitative estimate of drug-likeness (QED) is 0.724. The summed E-state index contributed by atoms with van der Waals surface area (Å²) in [6.45, 7) is 5.94. The van der Waals surface area contributed by atoms with E-state index in [0.717, 1.165) is 6.42 Å². The van der Waals surface area contributed by atoms with Crippen molar-refractivity contribution in [2.24, 2.45) is 11.7 Å². The van der Waals surface area contributed by atoms with Crippen LogP contribution in [-0.2, 0) is 9.53 Å². The van der Waals surface area contributed by atoms with E-state index in [-0.39, 0.29) is 12.6 Å². The van der Waals surface area contributed by atoms with Gasteiger partial charge in [-0.2, -0.15) is 0 Å². The first-order valence-electron chi connectivity index (χ1n) is 5.94. The van der Waals surface area contributed by atoms with E-state index in [4.69, 9.17) is 10.5 Å². The van der Waals surface area contributed by atoms with Crippen LogP contribution < -0.4 is 11.1 Å². The Bertz CT molecular complexity index is 281. The van der Waals surface area contributed by atoms with E-state index in [1.807, 2.05) is 0 Å². The molecule has 3 N–H and O–H groups in total. The van der Waals surface area contributed by atoms with Crippen molar-refractivity contribution < 1.29 is 14.3 Å². The molecule has 17 heavy (non-hydrogen) atoms.